The lowest BCUT2D eigenvalue weighted by Gasteiger charge is -2.32. The fourth-order valence-corrected chi connectivity index (χ4v) is 4.39. The molecule has 0 spiro atoms. The van der Waals surface area contributed by atoms with E-state index in [2.05, 4.69) is 30.2 Å². The molecular weight excluding hydrogens is 502 g/mol. The van der Waals surface area contributed by atoms with Gasteiger partial charge < -0.3 is 19.8 Å². The Labute approximate surface area is 188 Å². The van der Waals surface area contributed by atoms with E-state index >= 15 is 0 Å². The Kier molecular flexibility index (Phi) is 6.29. The number of fused-ring (bicyclic) bond motifs is 1. The quantitative estimate of drug-likeness (QED) is 0.272. The van der Waals surface area contributed by atoms with Crippen LogP contribution in [0.3, 0.4) is 0 Å². The number of aliphatic imine (C=N–C) groups is 1. The molecule has 0 amide bonds. The Balaban J connectivity index is 2.00. The van der Waals surface area contributed by atoms with Crippen LogP contribution in [0.25, 0.3) is 10.9 Å². The zero-order valence-corrected chi connectivity index (χ0v) is 20.4. The molecule has 1 aliphatic heterocycles. The molecule has 3 N–H and O–H groups in total. The molecular formula is C19H26BIN4O3S. The Morgan fingerprint density at radius 3 is 2.45 bits per heavy atom. The lowest BCUT2D eigenvalue weighted by Crippen LogP contribution is -2.41. The minimum absolute atomic E-state index is 0.00466. The minimum Gasteiger partial charge on any atom is -0.407 e. The third kappa shape index (κ3) is 4.45. The maximum atomic E-state index is 8.28. The summed E-state index contributed by atoms with van der Waals surface area (Å²) < 4.78 is 20.0. The first-order chi connectivity index (χ1) is 13.4. The molecule has 1 aromatic carbocycles. The second-order valence-electron chi connectivity index (χ2n) is 8.29. The molecule has 0 radical (unpaired) electrons. The van der Waals surface area contributed by atoms with Gasteiger partial charge in [0.1, 0.15) is 0 Å². The van der Waals surface area contributed by atoms with Gasteiger partial charge in [0.05, 0.1) is 16.7 Å². The molecule has 2 heterocycles. The Bertz CT molecular complexity index is 958. The van der Waals surface area contributed by atoms with Gasteiger partial charge in [-0.3, -0.25) is 9.38 Å². The highest BCUT2D eigenvalue weighted by atomic mass is 127. The molecule has 10 heteroatoms. The summed E-state index contributed by atoms with van der Waals surface area (Å²) in [6.45, 7) is 11.9. The topological polar surface area (TPSA) is 94.9 Å². The van der Waals surface area contributed by atoms with Gasteiger partial charge in [0.25, 0.3) is 6.02 Å². The van der Waals surface area contributed by atoms with Gasteiger partial charge in [-0.25, -0.2) is 4.99 Å². The first kappa shape index (κ1) is 22.5. The van der Waals surface area contributed by atoms with Gasteiger partial charge in [0.2, 0.25) is 5.90 Å². The second-order valence-corrected chi connectivity index (χ2v) is 10.0. The SMILES string of the molecule is CC(C)N=C(N)OC(=N)c1ccc2c(c1)c(B1OC(C)(C)C(C)(C)O1)cn2SI. The van der Waals surface area contributed by atoms with E-state index in [0.717, 1.165) is 16.4 Å². The molecule has 7 nitrogen and oxygen atoms in total. The predicted octanol–water partition coefficient (Wildman–Crippen LogP) is 3.85. The highest BCUT2D eigenvalue weighted by Gasteiger charge is 2.52. The monoisotopic (exact) mass is 528 g/mol. The van der Waals surface area contributed by atoms with E-state index in [1.807, 2.05) is 65.9 Å². The van der Waals surface area contributed by atoms with Crippen molar-refractivity contribution in [3.63, 3.8) is 0 Å². The molecule has 3 rings (SSSR count). The van der Waals surface area contributed by atoms with Crippen molar-refractivity contribution in [2.75, 3.05) is 0 Å². The molecule has 156 valence electrons. The van der Waals surface area contributed by atoms with E-state index in [1.165, 1.54) is 0 Å². The van der Waals surface area contributed by atoms with E-state index in [0.29, 0.717) is 5.56 Å². The van der Waals surface area contributed by atoms with Crippen molar-refractivity contribution >= 4 is 65.7 Å². The minimum atomic E-state index is -0.495. The summed E-state index contributed by atoms with van der Waals surface area (Å²) in [5, 5.41) is 9.22. The Morgan fingerprint density at radius 1 is 1.28 bits per heavy atom. The van der Waals surface area contributed by atoms with Crippen LogP contribution in [0.1, 0.15) is 47.1 Å². The third-order valence-corrected chi connectivity index (χ3v) is 6.96. The number of halogens is 1. The smallest absolute Gasteiger partial charge is 0.407 e. The van der Waals surface area contributed by atoms with E-state index in [1.54, 1.807) is 9.12 Å². The number of aromatic nitrogens is 1. The number of hydrogen-bond acceptors (Lipinski definition) is 6. The first-order valence-electron chi connectivity index (χ1n) is 9.35. The number of nitrogens with one attached hydrogen (secondary N) is 1. The normalized spacial score (nSPS) is 18.6. The molecule has 1 fully saturated rings. The van der Waals surface area contributed by atoms with Gasteiger partial charge in [0.15, 0.2) is 0 Å². The van der Waals surface area contributed by atoms with Gasteiger partial charge >= 0.3 is 7.12 Å². The fraction of sp³-hybridized carbons (Fsp3) is 0.474. The summed E-state index contributed by atoms with van der Waals surface area (Å²) in [6.07, 6.45) is 2.02. The molecule has 2 aromatic rings. The fourth-order valence-electron chi connectivity index (χ4n) is 3.03. The van der Waals surface area contributed by atoms with Crippen LogP contribution in [-0.2, 0) is 14.0 Å². The summed E-state index contributed by atoms with van der Waals surface area (Å²) in [5.41, 5.74) is 7.45. The molecule has 0 unspecified atom stereocenters. The van der Waals surface area contributed by atoms with E-state index in [-0.39, 0.29) is 18.0 Å². The van der Waals surface area contributed by atoms with Gasteiger partial charge in [-0.05, 0) is 59.7 Å². The Hall–Kier alpha value is -1.24. The standard InChI is InChI=1S/C19H26BIN4O3S/c1-11(2)24-17(23)26-16(22)12-7-8-15-13(9-12)14(10-25(15)29-21)20-27-18(3,4)19(5,6)28-20/h7-11,22H,1-6H3,(H2,23,24). The van der Waals surface area contributed by atoms with Crippen molar-refractivity contribution in [2.24, 2.45) is 10.7 Å². The highest BCUT2D eigenvalue weighted by molar-refractivity contribution is 14.2. The van der Waals surface area contributed by atoms with Crippen LogP contribution in [0.4, 0.5) is 0 Å². The summed E-state index contributed by atoms with van der Waals surface area (Å²) in [4.78, 5) is 4.12. The van der Waals surface area contributed by atoms with Gasteiger partial charge in [-0.15, -0.1) is 0 Å². The average Bonchev–Trinajstić information content (AvgIpc) is 3.07. The second kappa shape index (κ2) is 8.12. The van der Waals surface area contributed by atoms with Crippen LogP contribution in [0.15, 0.2) is 29.4 Å². The number of amidine groups is 1. The number of ether oxygens (including phenoxy) is 1. The highest BCUT2D eigenvalue weighted by Crippen LogP contribution is 2.37. The summed E-state index contributed by atoms with van der Waals surface area (Å²) in [6, 6.07) is 5.68. The van der Waals surface area contributed by atoms with Crippen LogP contribution in [0.5, 0.6) is 0 Å². The molecule has 0 bridgehead atoms. The summed E-state index contributed by atoms with van der Waals surface area (Å²) >= 11 is 2.24. The lowest BCUT2D eigenvalue weighted by molar-refractivity contribution is 0.00578. The first-order valence-corrected chi connectivity index (χ1v) is 12.7. The summed E-state index contributed by atoms with van der Waals surface area (Å²) in [5.74, 6) is -0.0523. The largest absolute Gasteiger partial charge is 0.497 e. The molecule has 1 aliphatic rings. The molecule has 1 saturated heterocycles. The van der Waals surface area contributed by atoms with Crippen molar-refractivity contribution in [2.45, 2.75) is 58.8 Å². The molecule has 29 heavy (non-hydrogen) atoms. The number of nitrogens with zero attached hydrogens (tertiary/aromatic N) is 2. The van der Waals surface area contributed by atoms with Crippen LogP contribution in [0, 0.1) is 5.41 Å². The predicted molar refractivity (Wildman–Crippen MR) is 129 cm³/mol. The van der Waals surface area contributed by atoms with Crippen LogP contribution in [0.2, 0.25) is 0 Å². The van der Waals surface area contributed by atoms with Crippen molar-refractivity contribution in [3.05, 3.63) is 30.0 Å². The van der Waals surface area contributed by atoms with Crippen molar-refractivity contribution in [1.29, 1.82) is 5.41 Å². The van der Waals surface area contributed by atoms with Crippen molar-refractivity contribution in [1.82, 2.24) is 3.97 Å². The molecule has 0 atom stereocenters. The number of hydrogen-bond donors (Lipinski definition) is 2. The number of nitrogens with two attached hydrogens (primary N) is 1. The van der Waals surface area contributed by atoms with E-state index in [9.17, 15) is 0 Å². The van der Waals surface area contributed by atoms with Crippen LogP contribution in [-0.4, -0.2) is 40.3 Å². The zero-order chi connectivity index (χ0) is 21.6. The van der Waals surface area contributed by atoms with Gasteiger partial charge in [-0.2, -0.15) is 0 Å². The molecule has 0 saturated carbocycles. The van der Waals surface area contributed by atoms with Gasteiger partial charge in [-0.1, -0.05) is 0 Å². The third-order valence-electron chi connectivity index (χ3n) is 5.24. The molecule has 0 aliphatic carbocycles. The number of rotatable bonds is 4. The molecule has 1 aromatic heterocycles. The zero-order valence-electron chi connectivity index (χ0n) is 17.4. The maximum absolute atomic E-state index is 8.28. The van der Waals surface area contributed by atoms with Gasteiger partial charge in [0, 0.05) is 59.0 Å². The van der Waals surface area contributed by atoms with Crippen LogP contribution >= 0.6 is 30.3 Å². The van der Waals surface area contributed by atoms with E-state index in [4.69, 9.17) is 25.2 Å². The summed E-state index contributed by atoms with van der Waals surface area (Å²) in [7, 11) is 1.07. The lowest BCUT2D eigenvalue weighted by atomic mass is 9.79. The van der Waals surface area contributed by atoms with Crippen molar-refractivity contribution < 1.29 is 14.0 Å². The average molecular weight is 528 g/mol. The Morgan fingerprint density at radius 2 is 1.90 bits per heavy atom. The van der Waals surface area contributed by atoms with E-state index < -0.39 is 18.3 Å². The van der Waals surface area contributed by atoms with Crippen LogP contribution < -0.4 is 11.2 Å². The maximum Gasteiger partial charge on any atom is 0.497 e. The number of benzene rings is 1. The van der Waals surface area contributed by atoms with Crippen molar-refractivity contribution in [3.8, 4) is 0 Å².